The molecule has 2 rings (SSSR count). The third-order valence-electron chi connectivity index (χ3n) is 3.37. The highest BCUT2D eigenvalue weighted by atomic mass is 19.1. The molecular weight excluding hydrogens is 235 g/mol. The molecule has 4 nitrogen and oxygen atoms in total. The van der Waals surface area contributed by atoms with Crippen molar-refractivity contribution < 1.29 is 14.2 Å². The minimum Gasteiger partial charge on any atom is -0.385 e. The van der Waals surface area contributed by atoms with Crippen molar-refractivity contribution in [2.75, 3.05) is 18.5 Å². The Kier molecular flexibility index (Phi) is 3.50. The van der Waals surface area contributed by atoms with Crippen LogP contribution in [-0.4, -0.2) is 30.0 Å². The van der Waals surface area contributed by atoms with Gasteiger partial charge in [-0.3, -0.25) is 0 Å². The maximum atomic E-state index is 13.4. The Morgan fingerprint density at radius 2 is 2.44 bits per heavy atom. The van der Waals surface area contributed by atoms with Crippen LogP contribution < -0.4 is 5.32 Å². The van der Waals surface area contributed by atoms with Gasteiger partial charge in [0.2, 0.25) is 0 Å². The SMILES string of the molecule is CC1OCCC1(O)CNc1cccc(F)c1C#N. The highest BCUT2D eigenvalue weighted by Gasteiger charge is 2.39. The number of benzene rings is 1. The molecule has 1 aliphatic rings. The third-order valence-corrected chi connectivity index (χ3v) is 3.37. The fraction of sp³-hybridized carbons (Fsp3) is 0.462. The largest absolute Gasteiger partial charge is 0.385 e. The molecule has 0 aliphatic carbocycles. The Balaban J connectivity index is 2.12. The highest BCUT2D eigenvalue weighted by Crippen LogP contribution is 2.27. The molecule has 1 aromatic carbocycles. The molecule has 18 heavy (non-hydrogen) atoms. The van der Waals surface area contributed by atoms with Gasteiger partial charge in [-0.2, -0.15) is 5.26 Å². The number of ether oxygens (including phenoxy) is 1. The first-order chi connectivity index (χ1) is 8.57. The number of nitriles is 1. The van der Waals surface area contributed by atoms with Crippen LogP contribution in [-0.2, 0) is 4.74 Å². The molecule has 0 saturated carbocycles. The van der Waals surface area contributed by atoms with Crippen molar-refractivity contribution in [1.82, 2.24) is 0 Å². The highest BCUT2D eigenvalue weighted by molar-refractivity contribution is 5.58. The normalized spacial score (nSPS) is 26.9. The van der Waals surface area contributed by atoms with E-state index in [0.717, 1.165) is 0 Å². The molecule has 1 heterocycles. The summed E-state index contributed by atoms with van der Waals surface area (Å²) in [7, 11) is 0. The van der Waals surface area contributed by atoms with E-state index < -0.39 is 11.4 Å². The summed E-state index contributed by atoms with van der Waals surface area (Å²) in [4.78, 5) is 0. The molecule has 2 N–H and O–H groups in total. The van der Waals surface area contributed by atoms with Crippen molar-refractivity contribution in [3.63, 3.8) is 0 Å². The van der Waals surface area contributed by atoms with Crippen molar-refractivity contribution >= 4 is 5.69 Å². The van der Waals surface area contributed by atoms with Crippen LogP contribution in [0.5, 0.6) is 0 Å². The first kappa shape index (κ1) is 12.8. The predicted octanol–water partition coefficient (Wildman–Crippen LogP) is 1.65. The predicted molar refractivity (Wildman–Crippen MR) is 64.6 cm³/mol. The lowest BCUT2D eigenvalue weighted by Crippen LogP contribution is -2.43. The Morgan fingerprint density at radius 3 is 3.06 bits per heavy atom. The van der Waals surface area contributed by atoms with Crippen molar-refractivity contribution in [2.45, 2.75) is 25.0 Å². The molecule has 1 saturated heterocycles. The van der Waals surface area contributed by atoms with Gasteiger partial charge in [-0.05, 0) is 19.1 Å². The number of halogens is 1. The maximum Gasteiger partial charge on any atom is 0.143 e. The minimum atomic E-state index is -0.973. The van der Waals surface area contributed by atoms with Gasteiger partial charge in [0.1, 0.15) is 23.1 Å². The smallest absolute Gasteiger partial charge is 0.143 e. The van der Waals surface area contributed by atoms with Gasteiger partial charge in [-0.25, -0.2) is 4.39 Å². The molecule has 5 heteroatoms. The minimum absolute atomic E-state index is 0.0346. The van der Waals surface area contributed by atoms with Crippen LogP contribution in [0.4, 0.5) is 10.1 Å². The lowest BCUT2D eigenvalue weighted by molar-refractivity contribution is -0.0176. The van der Waals surface area contributed by atoms with E-state index in [1.54, 1.807) is 13.0 Å². The second-order valence-electron chi connectivity index (χ2n) is 4.49. The van der Waals surface area contributed by atoms with Gasteiger partial charge in [0.15, 0.2) is 0 Å². The van der Waals surface area contributed by atoms with E-state index in [1.807, 2.05) is 6.07 Å². The standard InChI is InChI=1S/C13H15FN2O2/c1-9-13(17,5-6-18-9)8-16-12-4-2-3-11(14)10(12)7-15/h2-4,9,16-17H,5-6,8H2,1H3. The summed E-state index contributed by atoms with van der Waals surface area (Å²) in [5.74, 6) is -0.565. The fourth-order valence-electron chi connectivity index (χ4n) is 2.04. The molecule has 1 fully saturated rings. The van der Waals surface area contributed by atoms with Crippen LogP contribution in [0.2, 0.25) is 0 Å². The Bertz CT molecular complexity index is 486. The van der Waals surface area contributed by atoms with Gasteiger partial charge in [0.05, 0.1) is 11.8 Å². The van der Waals surface area contributed by atoms with Crippen LogP contribution in [0.1, 0.15) is 18.9 Å². The van der Waals surface area contributed by atoms with Gasteiger partial charge in [0.25, 0.3) is 0 Å². The summed E-state index contributed by atoms with van der Waals surface area (Å²) in [6.45, 7) is 2.53. The average Bonchev–Trinajstić information content (AvgIpc) is 2.68. The molecule has 0 amide bonds. The Morgan fingerprint density at radius 1 is 1.67 bits per heavy atom. The van der Waals surface area contributed by atoms with Gasteiger partial charge >= 0.3 is 0 Å². The summed E-state index contributed by atoms with van der Waals surface area (Å²) in [6.07, 6.45) is 0.252. The molecule has 2 unspecified atom stereocenters. The second-order valence-corrected chi connectivity index (χ2v) is 4.49. The van der Waals surface area contributed by atoms with Crippen molar-refractivity contribution in [1.29, 1.82) is 5.26 Å². The molecule has 0 spiro atoms. The van der Waals surface area contributed by atoms with Crippen LogP contribution >= 0.6 is 0 Å². The summed E-state index contributed by atoms with van der Waals surface area (Å²) in [5, 5.41) is 22.1. The van der Waals surface area contributed by atoms with Gasteiger partial charge in [-0.1, -0.05) is 6.07 Å². The van der Waals surface area contributed by atoms with E-state index in [0.29, 0.717) is 18.7 Å². The van der Waals surface area contributed by atoms with E-state index in [-0.39, 0.29) is 18.2 Å². The van der Waals surface area contributed by atoms with E-state index in [9.17, 15) is 9.50 Å². The molecule has 1 aliphatic heterocycles. The number of hydrogen-bond donors (Lipinski definition) is 2. The van der Waals surface area contributed by atoms with Crippen LogP contribution in [0, 0.1) is 17.1 Å². The zero-order chi connectivity index (χ0) is 13.2. The van der Waals surface area contributed by atoms with E-state index >= 15 is 0 Å². The topological polar surface area (TPSA) is 65.3 Å². The number of nitrogens with zero attached hydrogens (tertiary/aromatic N) is 1. The van der Waals surface area contributed by atoms with Gasteiger partial charge in [-0.15, -0.1) is 0 Å². The van der Waals surface area contributed by atoms with Gasteiger partial charge < -0.3 is 15.2 Å². The molecule has 0 bridgehead atoms. The quantitative estimate of drug-likeness (QED) is 0.856. The van der Waals surface area contributed by atoms with E-state index in [4.69, 9.17) is 10.00 Å². The molecule has 1 aromatic rings. The summed E-state index contributed by atoms with van der Waals surface area (Å²) in [6, 6.07) is 6.19. The van der Waals surface area contributed by atoms with E-state index in [1.165, 1.54) is 12.1 Å². The van der Waals surface area contributed by atoms with Crippen LogP contribution in [0.25, 0.3) is 0 Å². The van der Waals surface area contributed by atoms with Crippen molar-refractivity contribution in [3.8, 4) is 6.07 Å². The molecule has 0 radical (unpaired) electrons. The number of rotatable bonds is 3. The lowest BCUT2D eigenvalue weighted by atomic mass is 9.96. The Labute approximate surface area is 105 Å². The summed E-state index contributed by atoms with van der Waals surface area (Å²) < 4.78 is 18.7. The average molecular weight is 250 g/mol. The third kappa shape index (κ3) is 2.30. The van der Waals surface area contributed by atoms with E-state index in [2.05, 4.69) is 5.32 Å². The molecular formula is C13H15FN2O2. The fourth-order valence-corrected chi connectivity index (χ4v) is 2.04. The number of hydrogen-bond acceptors (Lipinski definition) is 4. The monoisotopic (exact) mass is 250 g/mol. The zero-order valence-electron chi connectivity index (χ0n) is 10.1. The van der Waals surface area contributed by atoms with Crippen LogP contribution in [0.15, 0.2) is 18.2 Å². The Hall–Kier alpha value is -1.64. The number of nitrogens with one attached hydrogen (secondary N) is 1. The molecule has 96 valence electrons. The lowest BCUT2D eigenvalue weighted by Gasteiger charge is -2.26. The summed E-state index contributed by atoms with van der Waals surface area (Å²) >= 11 is 0. The van der Waals surface area contributed by atoms with Gasteiger partial charge in [0, 0.05) is 19.6 Å². The second kappa shape index (κ2) is 4.92. The maximum absolute atomic E-state index is 13.4. The van der Waals surface area contributed by atoms with Crippen molar-refractivity contribution in [3.05, 3.63) is 29.6 Å². The molecule has 2 atom stereocenters. The summed E-state index contributed by atoms with van der Waals surface area (Å²) in [5.41, 5.74) is -0.614. The number of aliphatic hydroxyl groups is 1. The van der Waals surface area contributed by atoms with Crippen molar-refractivity contribution in [2.24, 2.45) is 0 Å². The molecule has 0 aromatic heterocycles. The number of anilines is 1. The zero-order valence-corrected chi connectivity index (χ0v) is 10.1. The van der Waals surface area contributed by atoms with Crippen LogP contribution in [0.3, 0.4) is 0 Å². The first-order valence-electron chi connectivity index (χ1n) is 5.83. The first-order valence-corrected chi connectivity index (χ1v) is 5.83.